The Labute approximate surface area is 204 Å². The van der Waals surface area contributed by atoms with Gasteiger partial charge in [-0.15, -0.1) is 11.3 Å². The number of rotatable bonds is 7. The number of hydrogen-bond donors (Lipinski definition) is 3. The summed E-state index contributed by atoms with van der Waals surface area (Å²) < 4.78 is 0. The largest absolute Gasteiger partial charge is 0.390 e. The van der Waals surface area contributed by atoms with Crippen LogP contribution in [0.2, 0.25) is 5.02 Å². The normalized spacial score (nSPS) is 11.4. The third kappa shape index (κ3) is 7.41. The minimum absolute atomic E-state index is 0.162. The van der Waals surface area contributed by atoms with E-state index in [0.717, 1.165) is 23.9 Å². The van der Waals surface area contributed by atoms with Crippen molar-refractivity contribution in [3.05, 3.63) is 51.1 Å². The number of hydrogen-bond acceptors (Lipinski definition) is 7. The van der Waals surface area contributed by atoms with Gasteiger partial charge in [-0.3, -0.25) is 4.79 Å². The fourth-order valence-corrected chi connectivity index (χ4v) is 3.86. The molecule has 2 heterocycles. The zero-order chi connectivity index (χ0) is 24.4. The molecule has 33 heavy (non-hydrogen) atoms. The van der Waals surface area contributed by atoms with Crippen molar-refractivity contribution in [1.82, 2.24) is 20.2 Å². The van der Waals surface area contributed by atoms with E-state index in [-0.39, 0.29) is 17.5 Å². The van der Waals surface area contributed by atoms with Gasteiger partial charge in [-0.2, -0.15) is 0 Å². The summed E-state index contributed by atoms with van der Waals surface area (Å²) in [6, 6.07) is 5.43. The summed E-state index contributed by atoms with van der Waals surface area (Å²) in [5.74, 6) is 5.92. The molecule has 1 unspecified atom stereocenters. The molecule has 2 aromatic heterocycles. The highest BCUT2D eigenvalue weighted by Crippen LogP contribution is 2.25. The lowest BCUT2D eigenvalue weighted by Gasteiger charge is -2.21. The van der Waals surface area contributed by atoms with E-state index in [1.807, 2.05) is 33.8 Å². The molecule has 0 fully saturated rings. The molecule has 0 aliphatic rings. The molecule has 3 rings (SSSR count). The quantitative estimate of drug-likeness (QED) is 0.438. The first-order valence-electron chi connectivity index (χ1n) is 10.9. The molecule has 0 aliphatic heterocycles. The Balaban J connectivity index is 0.00000187. The maximum atomic E-state index is 12.3. The van der Waals surface area contributed by atoms with Gasteiger partial charge in [0.05, 0.1) is 11.7 Å². The highest BCUT2D eigenvalue weighted by Gasteiger charge is 2.14. The van der Waals surface area contributed by atoms with Gasteiger partial charge in [-0.05, 0) is 31.1 Å². The number of nitrogens with two attached hydrogens (primary N) is 1. The number of halogens is 1. The second kappa shape index (κ2) is 13.1. The van der Waals surface area contributed by atoms with Crippen molar-refractivity contribution in [2.75, 3.05) is 31.9 Å². The van der Waals surface area contributed by atoms with E-state index in [2.05, 4.69) is 32.0 Å². The van der Waals surface area contributed by atoms with Gasteiger partial charge in [-0.1, -0.05) is 51.3 Å². The minimum atomic E-state index is -0.642. The van der Waals surface area contributed by atoms with Crippen LogP contribution in [0.15, 0.2) is 29.8 Å². The average molecular weight is 488 g/mol. The predicted octanol–water partition coefficient (Wildman–Crippen LogP) is 3.79. The lowest BCUT2D eigenvalue weighted by atomic mass is 10.1. The molecular weight excluding hydrogens is 458 g/mol. The van der Waals surface area contributed by atoms with Crippen LogP contribution in [0.25, 0.3) is 10.8 Å². The number of pyridine rings is 1. The molecule has 9 heteroatoms. The lowest BCUT2D eigenvalue weighted by molar-refractivity contribution is 0.0869. The molecule has 0 saturated heterocycles. The minimum Gasteiger partial charge on any atom is -0.390 e. The van der Waals surface area contributed by atoms with Gasteiger partial charge in [-0.25, -0.2) is 9.97 Å². The zero-order valence-electron chi connectivity index (χ0n) is 19.4. The molecule has 176 valence electrons. The number of nitrogens with zero attached hydrogens (tertiary/aromatic N) is 3. The highest BCUT2D eigenvalue weighted by molar-refractivity contribution is 7.11. The van der Waals surface area contributed by atoms with Crippen molar-refractivity contribution in [1.29, 1.82) is 0 Å². The van der Waals surface area contributed by atoms with E-state index in [1.54, 1.807) is 23.7 Å². The molecule has 1 atom stereocenters. The fourth-order valence-electron chi connectivity index (χ4n) is 3.02. The average Bonchev–Trinajstić information content (AvgIpc) is 3.30. The molecule has 1 amide bonds. The van der Waals surface area contributed by atoms with E-state index < -0.39 is 6.10 Å². The summed E-state index contributed by atoms with van der Waals surface area (Å²) in [6.07, 6.45) is 1.03. The number of thiazole rings is 1. The first-order chi connectivity index (χ1) is 15.9. The Morgan fingerprint density at radius 1 is 1.30 bits per heavy atom. The van der Waals surface area contributed by atoms with Crippen LogP contribution in [-0.2, 0) is 0 Å². The van der Waals surface area contributed by atoms with Gasteiger partial charge in [0.25, 0.3) is 5.91 Å². The molecule has 3 aromatic rings. The van der Waals surface area contributed by atoms with Gasteiger partial charge >= 0.3 is 0 Å². The number of likely N-dealkylation sites (N-methyl/N-ethyl adjacent to an activating group) is 1. The standard InChI is InChI=1S/C22H24ClN5O2S.C2H6/c1-3-28(4-2)12-17(29)11-26-21(30)22-27-16(13-31-22)7-8-18-19-9-15(23)6-5-14(19)10-25-20(18)24;1-2/h5-6,9-10,13,17,29H,3-4,11-12H2,1-2H3,(H2,24,25)(H,26,30);1-2H3. The topological polar surface area (TPSA) is 104 Å². The second-order valence-corrected chi connectivity index (χ2v) is 8.18. The van der Waals surface area contributed by atoms with Gasteiger partial charge in [0.2, 0.25) is 0 Å². The van der Waals surface area contributed by atoms with Crippen molar-refractivity contribution in [2.45, 2.75) is 33.8 Å². The van der Waals surface area contributed by atoms with E-state index in [1.165, 1.54) is 11.3 Å². The number of benzene rings is 1. The molecule has 0 radical (unpaired) electrons. The van der Waals surface area contributed by atoms with Crippen LogP contribution in [0, 0.1) is 11.8 Å². The van der Waals surface area contributed by atoms with Crippen LogP contribution in [0.1, 0.15) is 48.8 Å². The molecule has 0 bridgehead atoms. The Morgan fingerprint density at radius 3 is 2.73 bits per heavy atom. The molecule has 0 saturated carbocycles. The van der Waals surface area contributed by atoms with Gasteiger partial charge in [0, 0.05) is 40.5 Å². The molecule has 4 N–H and O–H groups in total. The monoisotopic (exact) mass is 487 g/mol. The number of aliphatic hydroxyl groups excluding tert-OH is 1. The number of nitrogen functional groups attached to an aromatic ring is 1. The van der Waals surface area contributed by atoms with E-state index in [4.69, 9.17) is 17.3 Å². The van der Waals surface area contributed by atoms with E-state index in [0.29, 0.717) is 28.6 Å². The smallest absolute Gasteiger partial charge is 0.280 e. The lowest BCUT2D eigenvalue weighted by Crippen LogP contribution is -2.40. The van der Waals surface area contributed by atoms with Crippen molar-refractivity contribution in [2.24, 2.45) is 0 Å². The Bertz CT molecular complexity index is 1130. The number of fused-ring (bicyclic) bond motifs is 1. The maximum absolute atomic E-state index is 12.3. The van der Waals surface area contributed by atoms with Crippen LogP contribution >= 0.6 is 22.9 Å². The van der Waals surface area contributed by atoms with Crippen molar-refractivity contribution < 1.29 is 9.90 Å². The second-order valence-electron chi connectivity index (χ2n) is 6.89. The van der Waals surface area contributed by atoms with Gasteiger partial charge in [0.1, 0.15) is 11.5 Å². The van der Waals surface area contributed by atoms with Crippen LogP contribution in [0.5, 0.6) is 0 Å². The number of carbonyl (C=O) groups excluding carboxylic acids is 1. The van der Waals surface area contributed by atoms with Crippen LogP contribution in [-0.4, -0.2) is 58.2 Å². The summed E-state index contributed by atoms with van der Waals surface area (Å²) in [4.78, 5) is 22.9. The van der Waals surface area contributed by atoms with Crippen molar-refractivity contribution in [3.8, 4) is 11.8 Å². The Kier molecular flexibility index (Phi) is 10.6. The number of nitrogens with one attached hydrogen (secondary N) is 1. The molecule has 7 nitrogen and oxygen atoms in total. The third-order valence-corrected chi connectivity index (χ3v) is 5.84. The summed E-state index contributed by atoms with van der Waals surface area (Å²) in [6.45, 7) is 10.4. The van der Waals surface area contributed by atoms with Crippen LogP contribution < -0.4 is 11.1 Å². The van der Waals surface area contributed by atoms with Crippen LogP contribution in [0.3, 0.4) is 0 Å². The molecule has 0 aliphatic carbocycles. The number of aromatic nitrogens is 2. The Morgan fingerprint density at radius 2 is 2.03 bits per heavy atom. The number of amides is 1. The first kappa shape index (κ1) is 26.6. The van der Waals surface area contributed by atoms with E-state index >= 15 is 0 Å². The molecular formula is C24H30ClN5O2S. The molecule has 0 spiro atoms. The van der Waals surface area contributed by atoms with Crippen LogP contribution in [0.4, 0.5) is 5.82 Å². The first-order valence-corrected chi connectivity index (χ1v) is 12.2. The predicted molar refractivity (Wildman–Crippen MR) is 137 cm³/mol. The van der Waals surface area contributed by atoms with Gasteiger partial charge < -0.3 is 21.1 Å². The van der Waals surface area contributed by atoms with E-state index in [9.17, 15) is 9.90 Å². The van der Waals surface area contributed by atoms with Gasteiger partial charge in [0.15, 0.2) is 5.01 Å². The van der Waals surface area contributed by atoms with Crippen molar-refractivity contribution >= 4 is 45.4 Å². The summed E-state index contributed by atoms with van der Waals surface area (Å²) in [5.41, 5.74) is 7.03. The molecule has 1 aromatic carbocycles. The number of anilines is 1. The summed E-state index contributed by atoms with van der Waals surface area (Å²) in [5, 5.41) is 17.1. The zero-order valence-corrected chi connectivity index (χ0v) is 20.9. The third-order valence-electron chi connectivity index (χ3n) is 4.76. The number of carbonyl (C=O) groups is 1. The number of aliphatic hydroxyl groups is 1. The summed E-state index contributed by atoms with van der Waals surface area (Å²) in [7, 11) is 0. The summed E-state index contributed by atoms with van der Waals surface area (Å²) >= 11 is 7.30. The SMILES string of the molecule is CC.CCN(CC)CC(O)CNC(=O)c1nc(C#Cc2c(N)ncc3ccc(Cl)cc23)cs1. The fraction of sp³-hybridized carbons (Fsp3) is 0.375. The maximum Gasteiger partial charge on any atom is 0.280 e. The Hall–Kier alpha value is -2.70. The van der Waals surface area contributed by atoms with Crippen molar-refractivity contribution in [3.63, 3.8) is 0 Å². The highest BCUT2D eigenvalue weighted by atomic mass is 35.5.